The lowest BCUT2D eigenvalue weighted by Gasteiger charge is -2.06. The zero-order valence-electron chi connectivity index (χ0n) is 11.0. The number of amides is 1. The van der Waals surface area contributed by atoms with Gasteiger partial charge in [-0.2, -0.15) is 5.10 Å². The Morgan fingerprint density at radius 3 is 2.67 bits per heavy atom. The van der Waals surface area contributed by atoms with Crippen molar-refractivity contribution < 1.29 is 4.79 Å². The van der Waals surface area contributed by atoms with Crippen molar-refractivity contribution in [3.63, 3.8) is 0 Å². The molecule has 6 heteroatoms. The van der Waals surface area contributed by atoms with E-state index in [-0.39, 0.29) is 5.91 Å². The molecule has 0 aliphatic carbocycles. The van der Waals surface area contributed by atoms with Crippen LogP contribution in [0, 0.1) is 6.92 Å². The fraction of sp³-hybridized carbons (Fsp3) is 0.667. The second kappa shape index (κ2) is 7.97. The first-order valence-electron chi connectivity index (χ1n) is 6.40. The molecule has 0 atom stereocenters. The lowest BCUT2D eigenvalue weighted by atomic mass is 10.1. The van der Waals surface area contributed by atoms with Gasteiger partial charge in [-0.15, -0.1) is 0 Å². The molecule has 5 nitrogen and oxygen atoms in total. The Balaban J connectivity index is 2.15. The number of nitrogens with one attached hydrogen (secondary N) is 3. The minimum absolute atomic E-state index is 0.0387. The summed E-state index contributed by atoms with van der Waals surface area (Å²) < 4.78 is 0. The highest BCUT2D eigenvalue weighted by Crippen LogP contribution is 2.20. The van der Waals surface area contributed by atoms with Crippen molar-refractivity contribution in [2.75, 3.05) is 5.43 Å². The van der Waals surface area contributed by atoms with Crippen molar-refractivity contribution in [1.29, 1.82) is 0 Å². The molecule has 1 aromatic rings. The van der Waals surface area contributed by atoms with E-state index >= 15 is 0 Å². The van der Waals surface area contributed by atoms with Crippen LogP contribution in [-0.4, -0.2) is 16.1 Å². The molecule has 0 saturated heterocycles. The third-order valence-electron chi connectivity index (χ3n) is 2.70. The number of nitrogens with zero attached hydrogens (tertiary/aromatic N) is 1. The quantitative estimate of drug-likeness (QED) is 0.503. The number of halogens is 1. The molecule has 0 spiro atoms. The van der Waals surface area contributed by atoms with Crippen molar-refractivity contribution in [3.8, 4) is 0 Å². The minimum atomic E-state index is -0.0387. The van der Waals surface area contributed by atoms with E-state index in [0.717, 1.165) is 18.5 Å². The Kier molecular flexibility index (Phi) is 6.57. The van der Waals surface area contributed by atoms with E-state index in [1.54, 1.807) is 0 Å². The number of carbonyl (C=O) groups is 1. The molecule has 18 heavy (non-hydrogen) atoms. The lowest BCUT2D eigenvalue weighted by molar-refractivity contribution is -0.120. The number of aryl methyl sites for hydroxylation is 1. The van der Waals surface area contributed by atoms with Crippen molar-refractivity contribution in [2.45, 2.75) is 52.4 Å². The maximum atomic E-state index is 11.5. The average Bonchev–Trinajstić information content (AvgIpc) is 2.67. The molecule has 0 aliphatic heterocycles. The van der Waals surface area contributed by atoms with Crippen molar-refractivity contribution in [1.82, 2.24) is 15.6 Å². The van der Waals surface area contributed by atoms with E-state index in [9.17, 15) is 4.79 Å². The summed E-state index contributed by atoms with van der Waals surface area (Å²) in [4.78, 5) is 11.5. The molecule has 3 N–H and O–H groups in total. The molecular formula is C12H21ClN4O. The third-order valence-corrected chi connectivity index (χ3v) is 3.16. The van der Waals surface area contributed by atoms with Gasteiger partial charge in [-0.1, -0.05) is 44.2 Å². The number of H-pyrrole nitrogens is 1. The van der Waals surface area contributed by atoms with Crippen LogP contribution in [0.25, 0.3) is 0 Å². The summed E-state index contributed by atoms with van der Waals surface area (Å²) >= 11 is 5.95. The SMILES string of the molecule is CCCCCCCC(=O)NNc1n[nH]c(C)c1Cl. The topological polar surface area (TPSA) is 69.8 Å². The van der Waals surface area contributed by atoms with Crippen molar-refractivity contribution in [3.05, 3.63) is 10.7 Å². The van der Waals surface area contributed by atoms with E-state index in [0.29, 0.717) is 17.3 Å². The van der Waals surface area contributed by atoms with Gasteiger partial charge in [0.2, 0.25) is 5.91 Å². The molecule has 1 amide bonds. The number of hydrazine groups is 1. The van der Waals surface area contributed by atoms with E-state index in [1.807, 2.05) is 6.92 Å². The first-order chi connectivity index (χ1) is 8.65. The highest BCUT2D eigenvalue weighted by Gasteiger charge is 2.08. The number of carbonyl (C=O) groups excluding carboxylic acids is 1. The zero-order valence-corrected chi connectivity index (χ0v) is 11.7. The summed E-state index contributed by atoms with van der Waals surface area (Å²) in [5.74, 6) is 0.414. The van der Waals surface area contributed by atoms with Crippen molar-refractivity contribution in [2.24, 2.45) is 0 Å². The second-order valence-corrected chi connectivity index (χ2v) is 4.73. The molecule has 0 aromatic carbocycles. The molecule has 0 radical (unpaired) electrons. The summed E-state index contributed by atoms with van der Waals surface area (Å²) in [5, 5.41) is 7.15. The van der Waals surface area contributed by atoms with Gasteiger partial charge in [0.05, 0.1) is 5.69 Å². The average molecular weight is 273 g/mol. The fourth-order valence-corrected chi connectivity index (χ4v) is 1.71. The predicted octanol–water partition coefficient (Wildman–Crippen LogP) is 3.18. The first kappa shape index (κ1) is 14.8. The maximum absolute atomic E-state index is 11.5. The van der Waals surface area contributed by atoms with Gasteiger partial charge in [0.25, 0.3) is 0 Å². The van der Waals surface area contributed by atoms with E-state index in [4.69, 9.17) is 11.6 Å². The van der Waals surface area contributed by atoms with Crippen LogP contribution in [0.1, 0.15) is 51.1 Å². The predicted molar refractivity (Wildman–Crippen MR) is 73.5 cm³/mol. The van der Waals surface area contributed by atoms with Crippen LogP contribution in [0.15, 0.2) is 0 Å². The largest absolute Gasteiger partial charge is 0.279 e. The number of aromatic amines is 1. The summed E-state index contributed by atoms with van der Waals surface area (Å²) in [5.41, 5.74) is 6.07. The summed E-state index contributed by atoms with van der Waals surface area (Å²) in [6.45, 7) is 3.99. The Morgan fingerprint density at radius 1 is 1.33 bits per heavy atom. The molecule has 0 unspecified atom stereocenters. The molecular weight excluding hydrogens is 252 g/mol. The number of rotatable bonds is 8. The zero-order chi connectivity index (χ0) is 13.4. The number of aromatic nitrogens is 2. The number of hydrogen-bond acceptors (Lipinski definition) is 3. The van der Waals surface area contributed by atoms with Gasteiger partial charge in [-0.3, -0.25) is 20.7 Å². The van der Waals surface area contributed by atoms with Gasteiger partial charge in [-0.25, -0.2) is 0 Å². The third kappa shape index (κ3) is 4.96. The first-order valence-corrected chi connectivity index (χ1v) is 6.78. The fourth-order valence-electron chi connectivity index (χ4n) is 1.58. The number of hydrogen-bond donors (Lipinski definition) is 3. The van der Waals surface area contributed by atoms with Crippen molar-refractivity contribution >= 4 is 23.3 Å². The highest BCUT2D eigenvalue weighted by molar-refractivity contribution is 6.33. The standard InChI is InChI=1S/C12H21ClN4O/c1-3-4-5-6-7-8-10(18)15-17-12-11(13)9(2)14-16-12/h3-8H2,1-2H3,(H,15,18)(H2,14,16,17). The molecule has 0 fully saturated rings. The van der Waals surface area contributed by atoms with Gasteiger partial charge in [-0.05, 0) is 13.3 Å². The molecule has 102 valence electrons. The normalized spacial score (nSPS) is 10.4. The van der Waals surface area contributed by atoms with E-state index < -0.39 is 0 Å². The van der Waals surface area contributed by atoms with E-state index in [1.165, 1.54) is 19.3 Å². The number of unbranched alkanes of at least 4 members (excludes halogenated alkanes) is 4. The van der Waals surface area contributed by atoms with Crippen LogP contribution < -0.4 is 10.9 Å². The second-order valence-electron chi connectivity index (χ2n) is 4.35. The minimum Gasteiger partial charge on any atom is -0.279 e. The van der Waals surface area contributed by atoms with E-state index in [2.05, 4.69) is 28.0 Å². The Morgan fingerprint density at radius 2 is 2.06 bits per heavy atom. The Labute approximate surface area is 113 Å². The van der Waals surface area contributed by atoms with Crippen LogP contribution in [-0.2, 0) is 4.79 Å². The van der Waals surface area contributed by atoms with Crippen LogP contribution in [0.3, 0.4) is 0 Å². The molecule has 1 heterocycles. The van der Waals surface area contributed by atoms with Gasteiger partial charge in [0.15, 0.2) is 5.82 Å². The van der Waals surface area contributed by atoms with Gasteiger partial charge in [0, 0.05) is 6.42 Å². The smallest absolute Gasteiger partial charge is 0.238 e. The number of anilines is 1. The van der Waals surface area contributed by atoms with Gasteiger partial charge >= 0.3 is 0 Å². The van der Waals surface area contributed by atoms with Gasteiger partial charge < -0.3 is 0 Å². The highest BCUT2D eigenvalue weighted by atomic mass is 35.5. The molecule has 1 aromatic heterocycles. The van der Waals surface area contributed by atoms with Crippen LogP contribution in [0.2, 0.25) is 5.02 Å². The summed E-state index contributed by atoms with van der Waals surface area (Å²) in [6.07, 6.45) is 6.19. The van der Waals surface area contributed by atoms with Crippen LogP contribution in [0.5, 0.6) is 0 Å². The molecule has 1 rings (SSSR count). The van der Waals surface area contributed by atoms with Crippen LogP contribution in [0.4, 0.5) is 5.82 Å². The van der Waals surface area contributed by atoms with Gasteiger partial charge in [0.1, 0.15) is 5.02 Å². The summed E-state index contributed by atoms with van der Waals surface area (Å²) in [7, 11) is 0. The monoisotopic (exact) mass is 272 g/mol. The maximum Gasteiger partial charge on any atom is 0.238 e. The van der Waals surface area contributed by atoms with Crippen LogP contribution >= 0.6 is 11.6 Å². The Hall–Kier alpha value is -1.23. The molecule has 0 aliphatic rings. The Bertz CT molecular complexity index is 378. The lowest BCUT2D eigenvalue weighted by Crippen LogP contribution is -2.29. The molecule has 0 saturated carbocycles. The summed E-state index contributed by atoms with van der Waals surface area (Å²) in [6, 6.07) is 0. The molecule has 0 bridgehead atoms.